The number of hydrogen-bond acceptors (Lipinski definition) is 1. The van der Waals surface area contributed by atoms with E-state index < -0.39 is 0 Å². The summed E-state index contributed by atoms with van der Waals surface area (Å²) in [6.45, 7) is 10.2. The molecular formula is C9H17N. The van der Waals surface area contributed by atoms with Gasteiger partial charge in [0.05, 0.1) is 0 Å². The second-order valence-corrected chi connectivity index (χ2v) is 2.70. The van der Waals surface area contributed by atoms with E-state index in [1.54, 1.807) is 0 Å². The van der Waals surface area contributed by atoms with Gasteiger partial charge in [-0.1, -0.05) is 12.7 Å². The van der Waals surface area contributed by atoms with Crippen LogP contribution in [0.5, 0.6) is 0 Å². The lowest BCUT2D eigenvalue weighted by atomic mass is 10.3. The number of nitrogens with zero attached hydrogens (tertiary/aromatic N) is 1. The van der Waals surface area contributed by atoms with Crippen molar-refractivity contribution in [2.45, 2.75) is 26.8 Å². The van der Waals surface area contributed by atoms with Crippen LogP contribution < -0.4 is 0 Å². The Kier molecular flexibility index (Phi) is 3.85. The lowest BCUT2D eigenvalue weighted by Crippen LogP contribution is -2.23. The maximum atomic E-state index is 3.90. The summed E-state index contributed by atoms with van der Waals surface area (Å²) < 4.78 is 0. The van der Waals surface area contributed by atoms with Gasteiger partial charge in [-0.15, -0.1) is 0 Å². The van der Waals surface area contributed by atoms with Crippen LogP contribution in [0.2, 0.25) is 0 Å². The Balaban J connectivity index is 3.95. The maximum absolute atomic E-state index is 3.90. The third-order valence-corrected chi connectivity index (χ3v) is 1.59. The Morgan fingerprint density at radius 2 is 2.00 bits per heavy atom. The minimum atomic E-state index is 0.531. The first-order valence-corrected chi connectivity index (χ1v) is 3.64. The molecule has 0 saturated carbocycles. The van der Waals surface area contributed by atoms with E-state index >= 15 is 0 Å². The molecule has 1 nitrogen and oxygen atoms in total. The third kappa shape index (κ3) is 2.72. The van der Waals surface area contributed by atoms with Crippen molar-refractivity contribution >= 4 is 0 Å². The molecule has 0 heterocycles. The van der Waals surface area contributed by atoms with E-state index in [9.17, 15) is 0 Å². The van der Waals surface area contributed by atoms with Crippen molar-refractivity contribution in [1.82, 2.24) is 4.90 Å². The number of hydrogen-bond donors (Lipinski definition) is 0. The molecule has 1 heteroatoms. The van der Waals surface area contributed by atoms with Gasteiger partial charge < -0.3 is 4.90 Å². The highest BCUT2D eigenvalue weighted by molar-refractivity contribution is 5.12. The first kappa shape index (κ1) is 9.28. The molecule has 0 aliphatic carbocycles. The molecule has 0 aromatic rings. The molecule has 58 valence electrons. The molecular weight excluding hydrogens is 122 g/mol. The van der Waals surface area contributed by atoms with Crippen LogP contribution in [0.25, 0.3) is 0 Å². The van der Waals surface area contributed by atoms with Crippen molar-refractivity contribution in [3.8, 4) is 0 Å². The molecule has 0 unspecified atom stereocenters. The highest BCUT2D eigenvalue weighted by Gasteiger charge is 2.00. The lowest BCUT2D eigenvalue weighted by Gasteiger charge is -2.23. The van der Waals surface area contributed by atoms with E-state index in [4.69, 9.17) is 0 Å². The molecule has 0 atom stereocenters. The van der Waals surface area contributed by atoms with Gasteiger partial charge in [0, 0.05) is 18.8 Å². The Morgan fingerprint density at radius 3 is 2.30 bits per heavy atom. The van der Waals surface area contributed by atoms with Gasteiger partial charge in [0.1, 0.15) is 0 Å². The van der Waals surface area contributed by atoms with Gasteiger partial charge in [-0.05, 0) is 26.8 Å². The summed E-state index contributed by atoms with van der Waals surface area (Å²) >= 11 is 0. The Bertz CT molecular complexity index is 134. The standard InChI is InChI=1S/C9H17N/c1-6-7-9(4)10(5)8(2)3/h6-8H,4H2,1-3,5H3/b7-6+. The molecule has 0 fully saturated rings. The highest BCUT2D eigenvalue weighted by atomic mass is 15.1. The van der Waals surface area contributed by atoms with Crippen LogP contribution in [0.3, 0.4) is 0 Å². The minimum Gasteiger partial charge on any atom is -0.373 e. The summed E-state index contributed by atoms with van der Waals surface area (Å²) in [5.41, 5.74) is 1.07. The topological polar surface area (TPSA) is 3.24 Å². The summed E-state index contributed by atoms with van der Waals surface area (Å²) in [6.07, 6.45) is 4.02. The van der Waals surface area contributed by atoms with Crippen LogP contribution in [0.4, 0.5) is 0 Å². The SMILES string of the molecule is C=C(/C=C/C)N(C)C(C)C. The monoisotopic (exact) mass is 139 g/mol. The fraction of sp³-hybridized carbons (Fsp3) is 0.556. The molecule has 0 aliphatic heterocycles. The zero-order chi connectivity index (χ0) is 8.15. The van der Waals surface area contributed by atoms with Crippen LogP contribution in [-0.2, 0) is 0 Å². The van der Waals surface area contributed by atoms with E-state index in [1.165, 1.54) is 0 Å². The quantitative estimate of drug-likeness (QED) is 0.543. The van der Waals surface area contributed by atoms with E-state index in [-0.39, 0.29) is 0 Å². The molecule has 0 aromatic heterocycles. The lowest BCUT2D eigenvalue weighted by molar-refractivity contribution is 0.356. The van der Waals surface area contributed by atoms with Gasteiger partial charge in [-0.3, -0.25) is 0 Å². The normalized spacial score (nSPS) is 10.9. The summed E-state index contributed by atoms with van der Waals surface area (Å²) in [7, 11) is 2.05. The fourth-order valence-electron chi connectivity index (χ4n) is 0.642. The maximum Gasteiger partial charge on any atom is 0.0289 e. The second-order valence-electron chi connectivity index (χ2n) is 2.70. The average Bonchev–Trinajstić information content (AvgIpc) is 1.87. The molecule has 0 aliphatic rings. The van der Waals surface area contributed by atoms with Crippen molar-refractivity contribution in [3.63, 3.8) is 0 Å². The molecule has 0 radical (unpaired) electrons. The second kappa shape index (κ2) is 4.15. The van der Waals surface area contributed by atoms with E-state index in [0.717, 1.165) is 5.70 Å². The number of allylic oxidation sites excluding steroid dienone is 2. The van der Waals surface area contributed by atoms with Crippen molar-refractivity contribution in [1.29, 1.82) is 0 Å². The molecule has 0 saturated heterocycles. The van der Waals surface area contributed by atoms with Crippen molar-refractivity contribution in [2.24, 2.45) is 0 Å². The largest absolute Gasteiger partial charge is 0.373 e. The molecule has 0 rings (SSSR count). The summed E-state index contributed by atoms with van der Waals surface area (Å²) in [6, 6.07) is 0.531. The van der Waals surface area contributed by atoms with Gasteiger partial charge in [0.25, 0.3) is 0 Å². The van der Waals surface area contributed by atoms with Gasteiger partial charge in [-0.25, -0.2) is 0 Å². The zero-order valence-electron chi connectivity index (χ0n) is 7.39. The predicted octanol–water partition coefficient (Wildman–Crippen LogP) is 2.42. The van der Waals surface area contributed by atoms with Gasteiger partial charge in [-0.2, -0.15) is 0 Å². The molecule has 0 bridgehead atoms. The first-order valence-electron chi connectivity index (χ1n) is 3.64. The summed E-state index contributed by atoms with van der Waals surface area (Å²) in [4.78, 5) is 2.14. The Labute approximate surface area is 64.0 Å². The first-order chi connectivity index (χ1) is 4.59. The third-order valence-electron chi connectivity index (χ3n) is 1.59. The van der Waals surface area contributed by atoms with Crippen LogP contribution in [0.15, 0.2) is 24.4 Å². The number of rotatable bonds is 3. The van der Waals surface area contributed by atoms with Gasteiger partial charge in [0.2, 0.25) is 0 Å². The zero-order valence-corrected chi connectivity index (χ0v) is 7.39. The van der Waals surface area contributed by atoms with E-state index in [0.29, 0.717) is 6.04 Å². The molecule has 10 heavy (non-hydrogen) atoms. The molecule has 0 amide bonds. The Morgan fingerprint density at radius 1 is 1.50 bits per heavy atom. The van der Waals surface area contributed by atoms with E-state index in [1.807, 2.05) is 26.1 Å². The van der Waals surface area contributed by atoms with Crippen LogP contribution in [0.1, 0.15) is 20.8 Å². The Hall–Kier alpha value is -0.720. The average molecular weight is 139 g/mol. The van der Waals surface area contributed by atoms with Crippen LogP contribution in [0, 0.1) is 0 Å². The van der Waals surface area contributed by atoms with E-state index in [2.05, 4.69) is 25.3 Å². The molecule has 0 aromatic carbocycles. The van der Waals surface area contributed by atoms with Gasteiger partial charge in [0.15, 0.2) is 0 Å². The highest BCUT2D eigenvalue weighted by Crippen LogP contribution is 2.04. The molecule has 0 spiro atoms. The van der Waals surface area contributed by atoms with Crippen molar-refractivity contribution in [3.05, 3.63) is 24.4 Å². The summed E-state index contributed by atoms with van der Waals surface area (Å²) in [5.74, 6) is 0. The minimum absolute atomic E-state index is 0.531. The predicted molar refractivity (Wildman–Crippen MR) is 46.9 cm³/mol. The molecule has 0 N–H and O–H groups in total. The van der Waals surface area contributed by atoms with Crippen molar-refractivity contribution < 1.29 is 0 Å². The fourth-order valence-corrected chi connectivity index (χ4v) is 0.642. The smallest absolute Gasteiger partial charge is 0.0289 e. The van der Waals surface area contributed by atoms with Crippen molar-refractivity contribution in [2.75, 3.05) is 7.05 Å². The van der Waals surface area contributed by atoms with Gasteiger partial charge >= 0.3 is 0 Å². The summed E-state index contributed by atoms with van der Waals surface area (Å²) in [5, 5.41) is 0. The number of likely N-dealkylation sites (N-methyl/N-ethyl adjacent to an activating group) is 1. The van der Waals surface area contributed by atoms with Crippen LogP contribution in [-0.4, -0.2) is 18.0 Å². The van der Waals surface area contributed by atoms with Crippen LogP contribution >= 0.6 is 0 Å².